The summed E-state index contributed by atoms with van der Waals surface area (Å²) in [5.74, 6) is 1.72. The average Bonchev–Trinajstić information content (AvgIpc) is 2.74. The van der Waals surface area contributed by atoms with E-state index in [-0.39, 0.29) is 0 Å². The second-order valence-electron chi connectivity index (χ2n) is 5.34. The van der Waals surface area contributed by atoms with E-state index in [4.69, 9.17) is 4.74 Å². The molecule has 1 saturated carbocycles. The van der Waals surface area contributed by atoms with Gasteiger partial charge in [-0.05, 0) is 44.1 Å². The van der Waals surface area contributed by atoms with Gasteiger partial charge in [0.25, 0.3) is 0 Å². The van der Waals surface area contributed by atoms with Crippen molar-refractivity contribution in [3.63, 3.8) is 0 Å². The maximum atomic E-state index is 5.39. The van der Waals surface area contributed by atoms with Crippen molar-refractivity contribution in [2.45, 2.75) is 51.5 Å². The second-order valence-corrected chi connectivity index (χ2v) is 5.34. The van der Waals surface area contributed by atoms with Crippen molar-refractivity contribution in [1.29, 1.82) is 0 Å². The number of hydrogen-bond acceptors (Lipinski definition) is 2. The Kier molecular flexibility index (Phi) is 4.45. The smallest absolute Gasteiger partial charge is 0.0495 e. The molecular formula is C13H25NO. The number of ether oxygens (including phenoxy) is 1. The molecule has 3 atom stereocenters. The molecule has 1 saturated heterocycles. The van der Waals surface area contributed by atoms with Gasteiger partial charge in [0, 0.05) is 19.3 Å². The fourth-order valence-electron chi connectivity index (χ4n) is 2.90. The fraction of sp³-hybridized carbons (Fsp3) is 1.00. The molecule has 3 unspecified atom stereocenters. The molecule has 0 bridgehead atoms. The molecule has 2 nitrogen and oxygen atoms in total. The van der Waals surface area contributed by atoms with Crippen molar-refractivity contribution >= 4 is 0 Å². The van der Waals surface area contributed by atoms with E-state index < -0.39 is 0 Å². The van der Waals surface area contributed by atoms with Crippen molar-refractivity contribution in [1.82, 2.24) is 5.32 Å². The van der Waals surface area contributed by atoms with Crippen molar-refractivity contribution in [2.24, 2.45) is 11.8 Å². The molecule has 15 heavy (non-hydrogen) atoms. The van der Waals surface area contributed by atoms with E-state index in [1.165, 1.54) is 45.1 Å². The zero-order valence-electron chi connectivity index (χ0n) is 10.0. The molecule has 1 N–H and O–H groups in total. The Balaban J connectivity index is 1.59. The first-order chi connectivity index (χ1) is 7.36. The summed E-state index contributed by atoms with van der Waals surface area (Å²) in [7, 11) is 0. The van der Waals surface area contributed by atoms with Gasteiger partial charge >= 0.3 is 0 Å². The minimum absolute atomic E-state index is 0.793. The Morgan fingerprint density at radius 1 is 1.20 bits per heavy atom. The van der Waals surface area contributed by atoms with Crippen LogP contribution in [0.25, 0.3) is 0 Å². The van der Waals surface area contributed by atoms with E-state index >= 15 is 0 Å². The van der Waals surface area contributed by atoms with Crippen LogP contribution in [0.5, 0.6) is 0 Å². The molecule has 2 aliphatic rings. The lowest BCUT2D eigenvalue weighted by Crippen LogP contribution is -2.38. The van der Waals surface area contributed by atoms with Crippen LogP contribution in [-0.2, 0) is 4.74 Å². The van der Waals surface area contributed by atoms with Gasteiger partial charge in [-0.15, -0.1) is 0 Å². The highest BCUT2D eigenvalue weighted by Gasteiger charge is 2.21. The van der Waals surface area contributed by atoms with Crippen molar-refractivity contribution in [2.75, 3.05) is 19.8 Å². The molecular weight excluding hydrogens is 186 g/mol. The molecule has 0 aromatic heterocycles. The van der Waals surface area contributed by atoms with Gasteiger partial charge in [-0.2, -0.15) is 0 Å². The van der Waals surface area contributed by atoms with E-state index in [0.717, 1.165) is 31.1 Å². The third-order valence-corrected chi connectivity index (χ3v) is 4.09. The van der Waals surface area contributed by atoms with E-state index in [1.807, 2.05) is 0 Å². The molecule has 1 heterocycles. The van der Waals surface area contributed by atoms with Crippen LogP contribution < -0.4 is 5.32 Å². The first-order valence-corrected chi connectivity index (χ1v) is 6.67. The molecule has 2 heteroatoms. The third-order valence-electron chi connectivity index (χ3n) is 4.09. The first-order valence-electron chi connectivity index (χ1n) is 6.67. The second kappa shape index (κ2) is 5.86. The quantitative estimate of drug-likeness (QED) is 0.771. The number of rotatable bonds is 4. The topological polar surface area (TPSA) is 21.3 Å². The molecule has 1 aliphatic carbocycles. The summed E-state index contributed by atoms with van der Waals surface area (Å²) < 4.78 is 5.39. The van der Waals surface area contributed by atoms with Crippen molar-refractivity contribution in [3.8, 4) is 0 Å². The summed E-state index contributed by atoms with van der Waals surface area (Å²) in [6.07, 6.45) is 8.27. The molecule has 0 aromatic carbocycles. The van der Waals surface area contributed by atoms with Gasteiger partial charge in [0.1, 0.15) is 0 Å². The number of hydrogen-bond donors (Lipinski definition) is 1. The Labute approximate surface area is 93.8 Å². The summed E-state index contributed by atoms with van der Waals surface area (Å²) in [6.45, 7) is 5.59. The Morgan fingerprint density at radius 3 is 2.80 bits per heavy atom. The molecule has 2 fully saturated rings. The van der Waals surface area contributed by atoms with E-state index in [9.17, 15) is 0 Å². The van der Waals surface area contributed by atoms with E-state index in [0.29, 0.717) is 0 Å². The van der Waals surface area contributed by atoms with Gasteiger partial charge in [-0.3, -0.25) is 0 Å². The largest absolute Gasteiger partial charge is 0.381 e. The van der Waals surface area contributed by atoms with Crippen LogP contribution in [0.1, 0.15) is 45.4 Å². The van der Waals surface area contributed by atoms with Crippen LogP contribution in [-0.4, -0.2) is 25.8 Å². The van der Waals surface area contributed by atoms with E-state index in [1.54, 1.807) is 0 Å². The molecule has 0 spiro atoms. The Morgan fingerprint density at radius 2 is 2.07 bits per heavy atom. The summed E-state index contributed by atoms with van der Waals surface area (Å²) in [5, 5.41) is 3.74. The lowest BCUT2D eigenvalue weighted by molar-refractivity contribution is 0.183. The summed E-state index contributed by atoms with van der Waals surface area (Å²) in [5.41, 5.74) is 0. The summed E-state index contributed by atoms with van der Waals surface area (Å²) in [6, 6.07) is 0.793. The molecule has 88 valence electrons. The van der Waals surface area contributed by atoms with Crippen LogP contribution in [0.15, 0.2) is 0 Å². The normalized spacial score (nSPS) is 37.0. The number of nitrogens with one attached hydrogen (secondary N) is 1. The SMILES string of the molecule is CC1CCCCC1NCCC1CCOC1. The predicted octanol–water partition coefficient (Wildman–Crippen LogP) is 2.58. The lowest BCUT2D eigenvalue weighted by Gasteiger charge is -2.30. The van der Waals surface area contributed by atoms with Gasteiger partial charge in [-0.25, -0.2) is 0 Å². The maximum Gasteiger partial charge on any atom is 0.0495 e. The zero-order chi connectivity index (χ0) is 10.5. The fourth-order valence-corrected chi connectivity index (χ4v) is 2.90. The summed E-state index contributed by atoms with van der Waals surface area (Å²) >= 11 is 0. The van der Waals surface area contributed by atoms with Crippen LogP contribution in [0.4, 0.5) is 0 Å². The first kappa shape index (κ1) is 11.4. The highest BCUT2D eigenvalue weighted by atomic mass is 16.5. The van der Waals surface area contributed by atoms with Gasteiger partial charge in [0.15, 0.2) is 0 Å². The van der Waals surface area contributed by atoms with Gasteiger partial charge < -0.3 is 10.1 Å². The predicted molar refractivity (Wildman–Crippen MR) is 63.0 cm³/mol. The minimum Gasteiger partial charge on any atom is -0.381 e. The molecule has 0 radical (unpaired) electrons. The third kappa shape index (κ3) is 3.46. The molecule has 0 amide bonds. The Bertz CT molecular complexity index is 177. The molecule has 1 aliphatic heterocycles. The lowest BCUT2D eigenvalue weighted by atomic mass is 9.86. The molecule has 2 rings (SSSR count). The average molecular weight is 211 g/mol. The highest BCUT2D eigenvalue weighted by Crippen LogP contribution is 2.24. The van der Waals surface area contributed by atoms with E-state index in [2.05, 4.69) is 12.2 Å². The van der Waals surface area contributed by atoms with Gasteiger partial charge in [0.2, 0.25) is 0 Å². The standard InChI is InChI=1S/C13H25NO/c1-11-4-2-3-5-13(11)14-8-6-12-7-9-15-10-12/h11-14H,2-10H2,1H3. The van der Waals surface area contributed by atoms with Crippen molar-refractivity contribution < 1.29 is 4.74 Å². The Hall–Kier alpha value is -0.0800. The van der Waals surface area contributed by atoms with Crippen LogP contribution in [0, 0.1) is 11.8 Å². The monoisotopic (exact) mass is 211 g/mol. The van der Waals surface area contributed by atoms with Gasteiger partial charge in [0.05, 0.1) is 0 Å². The van der Waals surface area contributed by atoms with Crippen LogP contribution >= 0.6 is 0 Å². The summed E-state index contributed by atoms with van der Waals surface area (Å²) in [4.78, 5) is 0. The maximum absolute atomic E-state index is 5.39. The highest BCUT2D eigenvalue weighted by molar-refractivity contribution is 4.78. The minimum atomic E-state index is 0.793. The molecule has 0 aromatic rings. The zero-order valence-corrected chi connectivity index (χ0v) is 10.0. The van der Waals surface area contributed by atoms with Gasteiger partial charge in [-0.1, -0.05) is 19.8 Å². The van der Waals surface area contributed by atoms with Crippen molar-refractivity contribution in [3.05, 3.63) is 0 Å². The van der Waals surface area contributed by atoms with Crippen LogP contribution in [0.3, 0.4) is 0 Å². The van der Waals surface area contributed by atoms with Crippen LogP contribution in [0.2, 0.25) is 0 Å².